The van der Waals surface area contributed by atoms with Gasteiger partial charge in [0.1, 0.15) is 0 Å². The molecule has 0 aromatic rings. The number of likely N-dealkylation sites (tertiary alicyclic amines) is 1. The second-order valence-corrected chi connectivity index (χ2v) is 3.31. The lowest BCUT2D eigenvalue weighted by atomic mass is 10.00. The highest BCUT2D eigenvalue weighted by Crippen LogP contribution is 2.19. The summed E-state index contributed by atoms with van der Waals surface area (Å²) >= 11 is 0. The van der Waals surface area contributed by atoms with Gasteiger partial charge in [-0.25, -0.2) is 0 Å². The van der Waals surface area contributed by atoms with Crippen LogP contribution in [0.25, 0.3) is 0 Å². The van der Waals surface area contributed by atoms with Crippen LogP contribution in [0.3, 0.4) is 0 Å². The van der Waals surface area contributed by atoms with Gasteiger partial charge in [-0.2, -0.15) is 0 Å². The van der Waals surface area contributed by atoms with Crippen LogP contribution in [0, 0.1) is 0 Å². The molecule has 0 spiro atoms. The monoisotopic (exact) mass is 129 g/mol. The van der Waals surface area contributed by atoms with E-state index in [1.54, 1.807) is 0 Å². The molecule has 1 heterocycles. The maximum atomic E-state index is 8.89. The Hall–Kier alpha value is -0.0800. The first-order chi connectivity index (χ1) is 4.17. The van der Waals surface area contributed by atoms with Crippen molar-refractivity contribution in [3.63, 3.8) is 0 Å². The zero-order valence-corrected chi connectivity index (χ0v) is 6.22. The zero-order valence-electron chi connectivity index (χ0n) is 6.22. The lowest BCUT2D eigenvalue weighted by Gasteiger charge is -2.43. The molecule has 1 aliphatic rings. The van der Waals surface area contributed by atoms with E-state index in [2.05, 4.69) is 18.7 Å². The van der Waals surface area contributed by atoms with Gasteiger partial charge in [-0.05, 0) is 33.4 Å². The maximum Gasteiger partial charge on any atom is 0.0610 e. The molecular formula is C7H15NO. The molecule has 0 radical (unpaired) electrons. The second-order valence-electron chi connectivity index (χ2n) is 3.31. The highest BCUT2D eigenvalue weighted by atomic mass is 16.3. The maximum absolute atomic E-state index is 8.89. The minimum Gasteiger partial charge on any atom is -0.394 e. The summed E-state index contributed by atoms with van der Waals surface area (Å²) in [4.78, 5) is 2.30. The molecule has 0 amide bonds. The summed E-state index contributed by atoms with van der Waals surface area (Å²) in [5, 5.41) is 8.89. The second kappa shape index (κ2) is 2.27. The molecule has 0 bridgehead atoms. The third-order valence-electron chi connectivity index (χ3n) is 2.10. The van der Waals surface area contributed by atoms with Gasteiger partial charge in [0.25, 0.3) is 0 Å². The topological polar surface area (TPSA) is 23.5 Å². The van der Waals surface area contributed by atoms with E-state index in [1.165, 1.54) is 6.42 Å². The fourth-order valence-electron chi connectivity index (χ4n) is 1.02. The van der Waals surface area contributed by atoms with Gasteiger partial charge < -0.3 is 5.11 Å². The summed E-state index contributed by atoms with van der Waals surface area (Å²) in [5.74, 6) is 0. The van der Waals surface area contributed by atoms with Crippen LogP contribution in [-0.4, -0.2) is 35.2 Å². The molecule has 0 aromatic carbocycles. The molecule has 1 N–H and O–H groups in total. The molecule has 54 valence electrons. The van der Waals surface area contributed by atoms with Crippen LogP contribution in [-0.2, 0) is 0 Å². The molecule has 1 aliphatic heterocycles. The third-order valence-corrected chi connectivity index (χ3v) is 2.10. The average molecular weight is 129 g/mol. The highest BCUT2D eigenvalue weighted by molar-refractivity contribution is 4.85. The molecule has 0 saturated carbocycles. The van der Waals surface area contributed by atoms with Crippen molar-refractivity contribution in [2.45, 2.75) is 25.8 Å². The predicted octanol–water partition coefficient (Wildman–Crippen LogP) is 0.463. The van der Waals surface area contributed by atoms with Crippen LogP contribution in [0.1, 0.15) is 20.3 Å². The Bertz CT molecular complexity index is 97.1. The van der Waals surface area contributed by atoms with E-state index >= 15 is 0 Å². The van der Waals surface area contributed by atoms with E-state index in [9.17, 15) is 0 Å². The summed E-state index contributed by atoms with van der Waals surface area (Å²) in [6, 6.07) is 0. The molecule has 2 nitrogen and oxygen atoms in total. The number of hydrogen-bond donors (Lipinski definition) is 1. The Balaban J connectivity index is 2.37. The Morgan fingerprint density at radius 3 is 2.11 bits per heavy atom. The quantitative estimate of drug-likeness (QED) is 0.585. The van der Waals surface area contributed by atoms with Crippen LogP contribution in [0.2, 0.25) is 0 Å². The van der Waals surface area contributed by atoms with Gasteiger partial charge in [0.15, 0.2) is 0 Å². The third kappa shape index (κ3) is 1.25. The number of aliphatic hydroxyl groups excluding tert-OH is 1. The van der Waals surface area contributed by atoms with Crippen molar-refractivity contribution in [3.8, 4) is 0 Å². The van der Waals surface area contributed by atoms with Crippen LogP contribution < -0.4 is 0 Å². The van der Waals surface area contributed by atoms with Crippen molar-refractivity contribution in [2.75, 3.05) is 19.7 Å². The lowest BCUT2D eigenvalue weighted by molar-refractivity contribution is 0.0123. The summed E-state index contributed by atoms with van der Waals surface area (Å²) in [5.41, 5.74) is 0.0260. The van der Waals surface area contributed by atoms with Crippen molar-refractivity contribution in [3.05, 3.63) is 0 Å². The molecule has 0 atom stereocenters. The van der Waals surface area contributed by atoms with Gasteiger partial charge in [-0.15, -0.1) is 0 Å². The van der Waals surface area contributed by atoms with Gasteiger partial charge in [-0.3, -0.25) is 4.90 Å². The van der Waals surface area contributed by atoms with Crippen molar-refractivity contribution < 1.29 is 5.11 Å². The highest BCUT2D eigenvalue weighted by Gasteiger charge is 2.29. The minimum atomic E-state index is 0.0260. The molecule has 9 heavy (non-hydrogen) atoms. The van der Waals surface area contributed by atoms with E-state index in [-0.39, 0.29) is 12.1 Å². The standard InChI is InChI=1S/C7H15NO/c1-7(2,6-9)8-4-3-5-8/h9H,3-6H2,1-2H3. The van der Waals surface area contributed by atoms with Crippen LogP contribution in [0.5, 0.6) is 0 Å². The molecule has 2 heteroatoms. The van der Waals surface area contributed by atoms with Crippen molar-refractivity contribution in [1.82, 2.24) is 4.90 Å². The molecule has 1 saturated heterocycles. The number of rotatable bonds is 2. The Morgan fingerprint density at radius 1 is 1.44 bits per heavy atom. The first kappa shape index (κ1) is 7.03. The van der Waals surface area contributed by atoms with Crippen molar-refractivity contribution >= 4 is 0 Å². The first-order valence-electron chi connectivity index (χ1n) is 3.53. The summed E-state index contributed by atoms with van der Waals surface area (Å²) in [7, 11) is 0. The molecular weight excluding hydrogens is 114 g/mol. The van der Waals surface area contributed by atoms with E-state index in [0.717, 1.165) is 13.1 Å². The van der Waals surface area contributed by atoms with Crippen molar-refractivity contribution in [2.24, 2.45) is 0 Å². The molecule has 0 aromatic heterocycles. The summed E-state index contributed by atoms with van der Waals surface area (Å²) in [6.45, 7) is 6.74. The summed E-state index contributed by atoms with van der Waals surface area (Å²) in [6.07, 6.45) is 1.30. The Morgan fingerprint density at radius 2 is 2.00 bits per heavy atom. The SMILES string of the molecule is CC(C)(CO)N1CCC1. The zero-order chi connectivity index (χ0) is 6.91. The van der Waals surface area contributed by atoms with Gasteiger partial charge >= 0.3 is 0 Å². The van der Waals surface area contributed by atoms with Gasteiger partial charge in [0.05, 0.1) is 6.61 Å². The van der Waals surface area contributed by atoms with Crippen LogP contribution >= 0.6 is 0 Å². The largest absolute Gasteiger partial charge is 0.394 e. The smallest absolute Gasteiger partial charge is 0.0610 e. The number of hydrogen-bond acceptors (Lipinski definition) is 2. The fourth-order valence-corrected chi connectivity index (χ4v) is 1.02. The van der Waals surface area contributed by atoms with Gasteiger partial charge in [0.2, 0.25) is 0 Å². The van der Waals surface area contributed by atoms with E-state index < -0.39 is 0 Å². The molecule has 0 aliphatic carbocycles. The average Bonchev–Trinajstić information content (AvgIpc) is 1.60. The van der Waals surface area contributed by atoms with Gasteiger partial charge in [-0.1, -0.05) is 0 Å². The number of nitrogens with zero attached hydrogens (tertiary/aromatic N) is 1. The van der Waals surface area contributed by atoms with Crippen LogP contribution in [0.15, 0.2) is 0 Å². The Kier molecular flexibility index (Phi) is 1.78. The normalized spacial score (nSPS) is 21.7. The molecule has 1 rings (SSSR count). The Labute approximate surface area is 56.5 Å². The van der Waals surface area contributed by atoms with Crippen molar-refractivity contribution in [1.29, 1.82) is 0 Å². The van der Waals surface area contributed by atoms with Crippen LogP contribution in [0.4, 0.5) is 0 Å². The molecule has 1 fully saturated rings. The first-order valence-corrected chi connectivity index (χ1v) is 3.53. The minimum absolute atomic E-state index is 0.0260. The number of aliphatic hydroxyl groups is 1. The fraction of sp³-hybridized carbons (Fsp3) is 1.00. The van der Waals surface area contributed by atoms with E-state index in [0.29, 0.717) is 0 Å². The van der Waals surface area contributed by atoms with E-state index in [4.69, 9.17) is 5.11 Å². The molecule has 0 unspecified atom stereocenters. The predicted molar refractivity (Wildman–Crippen MR) is 37.4 cm³/mol. The van der Waals surface area contributed by atoms with E-state index in [1.807, 2.05) is 0 Å². The van der Waals surface area contributed by atoms with Gasteiger partial charge in [0, 0.05) is 5.54 Å². The lowest BCUT2D eigenvalue weighted by Crippen LogP contribution is -2.53. The summed E-state index contributed by atoms with van der Waals surface area (Å²) < 4.78 is 0.